The molecular weight excluding hydrogens is 248 g/mol. The second kappa shape index (κ2) is 5.37. The average Bonchev–Trinajstić information content (AvgIpc) is 2.85. The van der Waals surface area contributed by atoms with Gasteiger partial charge < -0.3 is 9.30 Å². The molecule has 0 amide bonds. The number of rotatable bonds is 4. The lowest BCUT2D eigenvalue weighted by Gasteiger charge is -2.10. The van der Waals surface area contributed by atoms with Crippen LogP contribution in [0.4, 0.5) is 0 Å². The number of hydrogen-bond donors (Lipinski definition) is 0. The Morgan fingerprint density at radius 1 is 1.20 bits per heavy atom. The van der Waals surface area contributed by atoms with Crippen molar-refractivity contribution in [2.45, 2.75) is 27.0 Å². The molecule has 3 aromatic rings. The summed E-state index contributed by atoms with van der Waals surface area (Å²) in [6, 6.07) is 12.4. The van der Waals surface area contributed by atoms with Crippen LogP contribution in [0.3, 0.4) is 0 Å². The lowest BCUT2D eigenvalue weighted by atomic mass is 10.2. The van der Waals surface area contributed by atoms with E-state index in [-0.39, 0.29) is 0 Å². The van der Waals surface area contributed by atoms with Gasteiger partial charge in [0.2, 0.25) is 0 Å². The van der Waals surface area contributed by atoms with Crippen molar-refractivity contribution < 1.29 is 4.74 Å². The number of fused-ring (bicyclic) bond motifs is 1. The normalized spacial score (nSPS) is 10.9. The molecular formula is C17H18N2O. The topological polar surface area (TPSA) is 27.1 Å². The van der Waals surface area contributed by atoms with E-state index in [2.05, 4.69) is 47.7 Å². The van der Waals surface area contributed by atoms with Gasteiger partial charge in [-0.25, -0.2) is 0 Å². The summed E-state index contributed by atoms with van der Waals surface area (Å²) in [6.07, 6.45) is 3.49. The fraction of sp³-hybridized carbons (Fsp3) is 0.235. The fourth-order valence-corrected chi connectivity index (χ4v) is 2.64. The van der Waals surface area contributed by atoms with Crippen LogP contribution >= 0.6 is 0 Å². The molecule has 0 aliphatic carbocycles. The first kappa shape index (κ1) is 12.7. The molecule has 0 fully saturated rings. The van der Waals surface area contributed by atoms with E-state index in [1.165, 1.54) is 22.2 Å². The molecule has 0 bridgehead atoms. The molecule has 2 aromatic heterocycles. The molecule has 0 atom stereocenters. The predicted molar refractivity (Wildman–Crippen MR) is 80.9 cm³/mol. The Balaban J connectivity index is 1.93. The largest absolute Gasteiger partial charge is 0.486 e. The maximum Gasteiger partial charge on any atom is 0.138 e. The van der Waals surface area contributed by atoms with Gasteiger partial charge in [0, 0.05) is 18.1 Å². The molecule has 3 heteroatoms. The fourth-order valence-electron chi connectivity index (χ4n) is 2.64. The SMILES string of the molecule is CCn1c(COc2cccnc2)cc2cccc(C)c21. The van der Waals surface area contributed by atoms with E-state index in [1.807, 2.05) is 12.1 Å². The number of ether oxygens (including phenoxy) is 1. The highest BCUT2D eigenvalue weighted by atomic mass is 16.5. The summed E-state index contributed by atoms with van der Waals surface area (Å²) >= 11 is 0. The van der Waals surface area contributed by atoms with Crippen LogP contribution in [0.5, 0.6) is 5.75 Å². The van der Waals surface area contributed by atoms with Gasteiger partial charge in [-0.05, 0) is 37.6 Å². The zero-order valence-corrected chi connectivity index (χ0v) is 11.8. The second-order valence-corrected chi connectivity index (χ2v) is 4.87. The van der Waals surface area contributed by atoms with Crippen molar-refractivity contribution in [3.63, 3.8) is 0 Å². The summed E-state index contributed by atoms with van der Waals surface area (Å²) in [5.41, 5.74) is 3.80. The van der Waals surface area contributed by atoms with Crippen LogP contribution in [0.2, 0.25) is 0 Å². The van der Waals surface area contributed by atoms with Crippen molar-refractivity contribution in [1.29, 1.82) is 0 Å². The van der Waals surface area contributed by atoms with Gasteiger partial charge in [-0.2, -0.15) is 0 Å². The van der Waals surface area contributed by atoms with Crippen molar-refractivity contribution in [1.82, 2.24) is 9.55 Å². The standard InChI is InChI=1S/C17H18N2O/c1-3-19-15(12-20-16-8-5-9-18-11-16)10-14-7-4-6-13(2)17(14)19/h4-11H,3,12H2,1-2H3. The van der Waals surface area contributed by atoms with Gasteiger partial charge in [-0.15, -0.1) is 0 Å². The lowest BCUT2D eigenvalue weighted by Crippen LogP contribution is -2.05. The van der Waals surface area contributed by atoms with Crippen molar-refractivity contribution in [3.8, 4) is 5.75 Å². The Kier molecular flexibility index (Phi) is 3.42. The van der Waals surface area contributed by atoms with Gasteiger partial charge in [-0.1, -0.05) is 18.2 Å². The van der Waals surface area contributed by atoms with Crippen molar-refractivity contribution in [2.75, 3.05) is 0 Å². The summed E-state index contributed by atoms with van der Waals surface area (Å²) < 4.78 is 8.14. The molecule has 20 heavy (non-hydrogen) atoms. The Morgan fingerprint density at radius 2 is 2.10 bits per heavy atom. The minimum Gasteiger partial charge on any atom is -0.486 e. The molecule has 0 unspecified atom stereocenters. The Morgan fingerprint density at radius 3 is 2.85 bits per heavy atom. The summed E-state index contributed by atoms with van der Waals surface area (Å²) in [6.45, 7) is 5.83. The summed E-state index contributed by atoms with van der Waals surface area (Å²) in [7, 11) is 0. The molecule has 3 nitrogen and oxygen atoms in total. The minimum atomic E-state index is 0.563. The molecule has 0 aliphatic rings. The number of nitrogens with zero attached hydrogens (tertiary/aromatic N) is 2. The van der Waals surface area contributed by atoms with Gasteiger partial charge in [0.15, 0.2) is 0 Å². The number of hydrogen-bond acceptors (Lipinski definition) is 2. The molecule has 1 aromatic carbocycles. The van der Waals surface area contributed by atoms with Crippen LogP contribution in [-0.2, 0) is 13.2 Å². The smallest absolute Gasteiger partial charge is 0.138 e. The molecule has 0 N–H and O–H groups in total. The number of benzene rings is 1. The van der Waals surface area contributed by atoms with Gasteiger partial charge in [0.25, 0.3) is 0 Å². The minimum absolute atomic E-state index is 0.563. The van der Waals surface area contributed by atoms with E-state index in [4.69, 9.17) is 4.74 Å². The first-order chi connectivity index (χ1) is 9.79. The van der Waals surface area contributed by atoms with E-state index < -0.39 is 0 Å². The summed E-state index contributed by atoms with van der Waals surface area (Å²) in [5, 5.41) is 1.27. The van der Waals surface area contributed by atoms with Crippen LogP contribution in [0.25, 0.3) is 10.9 Å². The van der Waals surface area contributed by atoms with Crippen molar-refractivity contribution in [3.05, 3.63) is 60.0 Å². The van der Waals surface area contributed by atoms with E-state index in [0.29, 0.717) is 6.61 Å². The van der Waals surface area contributed by atoms with E-state index >= 15 is 0 Å². The zero-order chi connectivity index (χ0) is 13.9. The Bertz CT molecular complexity index is 716. The first-order valence-electron chi connectivity index (χ1n) is 6.90. The molecule has 102 valence electrons. The molecule has 3 rings (SSSR count). The first-order valence-corrected chi connectivity index (χ1v) is 6.90. The number of para-hydroxylation sites is 1. The van der Waals surface area contributed by atoms with Crippen LogP contribution in [0, 0.1) is 6.92 Å². The molecule has 0 saturated heterocycles. The quantitative estimate of drug-likeness (QED) is 0.715. The van der Waals surface area contributed by atoms with Gasteiger partial charge >= 0.3 is 0 Å². The van der Waals surface area contributed by atoms with Crippen LogP contribution in [0.15, 0.2) is 48.8 Å². The number of aryl methyl sites for hydroxylation is 2. The maximum atomic E-state index is 5.82. The van der Waals surface area contributed by atoms with Crippen LogP contribution < -0.4 is 4.74 Å². The van der Waals surface area contributed by atoms with Gasteiger partial charge in [-0.3, -0.25) is 4.98 Å². The average molecular weight is 266 g/mol. The maximum absolute atomic E-state index is 5.82. The molecule has 0 spiro atoms. The number of aromatic nitrogens is 2. The highest BCUT2D eigenvalue weighted by molar-refractivity contribution is 5.84. The monoisotopic (exact) mass is 266 g/mol. The lowest BCUT2D eigenvalue weighted by molar-refractivity contribution is 0.295. The third-order valence-corrected chi connectivity index (χ3v) is 3.55. The second-order valence-electron chi connectivity index (χ2n) is 4.87. The molecule has 2 heterocycles. The Labute approximate surface area is 118 Å². The number of pyridine rings is 1. The van der Waals surface area contributed by atoms with Gasteiger partial charge in [0.1, 0.15) is 12.4 Å². The molecule has 0 saturated carbocycles. The zero-order valence-electron chi connectivity index (χ0n) is 11.8. The van der Waals surface area contributed by atoms with E-state index in [0.717, 1.165) is 12.3 Å². The Hall–Kier alpha value is -2.29. The third kappa shape index (κ3) is 2.27. The highest BCUT2D eigenvalue weighted by Gasteiger charge is 2.09. The van der Waals surface area contributed by atoms with Crippen LogP contribution in [0.1, 0.15) is 18.2 Å². The molecule has 0 radical (unpaired) electrons. The summed E-state index contributed by atoms with van der Waals surface area (Å²) in [4.78, 5) is 4.06. The van der Waals surface area contributed by atoms with Crippen molar-refractivity contribution >= 4 is 10.9 Å². The van der Waals surface area contributed by atoms with Crippen molar-refractivity contribution in [2.24, 2.45) is 0 Å². The van der Waals surface area contributed by atoms with E-state index in [1.54, 1.807) is 12.4 Å². The van der Waals surface area contributed by atoms with E-state index in [9.17, 15) is 0 Å². The van der Waals surface area contributed by atoms with Gasteiger partial charge in [0.05, 0.1) is 17.4 Å². The third-order valence-electron chi connectivity index (χ3n) is 3.55. The predicted octanol–water partition coefficient (Wildman–Crippen LogP) is 3.94. The highest BCUT2D eigenvalue weighted by Crippen LogP contribution is 2.24. The summed E-state index contributed by atoms with van der Waals surface area (Å²) in [5.74, 6) is 0.803. The van der Waals surface area contributed by atoms with Crippen LogP contribution in [-0.4, -0.2) is 9.55 Å². The molecule has 0 aliphatic heterocycles.